The van der Waals surface area contributed by atoms with E-state index in [0.717, 1.165) is 17.9 Å². The average Bonchev–Trinajstić information content (AvgIpc) is 3.10. The van der Waals surface area contributed by atoms with Crippen LogP contribution < -0.4 is 10.1 Å². The first-order chi connectivity index (χ1) is 11.2. The van der Waals surface area contributed by atoms with Crippen molar-refractivity contribution in [1.82, 2.24) is 20.0 Å². The summed E-state index contributed by atoms with van der Waals surface area (Å²) in [5, 5.41) is 16.5. The zero-order valence-electron chi connectivity index (χ0n) is 13.2. The minimum atomic E-state index is -0.855. The number of hydrogen-bond acceptors (Lipinski definition) is 4. The molecule has 1 fully saturated rings. The molecule has 1 saturated heterocycles. The predicted molar refractivity (Wildman–Crippen MR) is 92.3 cm³/mol. The van der Waals surface area contributed by atoms with Crippen molar-refractivity contribution in [2.45, 2.75) is 12.5 Å². The van der Waals surface area contributed by atoms with Gasteiger partial charge in [0.05, 0.1) is 12.3 Å². The van der Waals surface area contributed by atoms with Crippen LogP contribution in [0.3, 0.4) is 0 Å². The molecule has 0 radical (unpaired) electrons. The second-order valence-electron chi connectivity index (χ2n) is 5.46. The quantitative estimate of drug-likeness (QED) is 0.860. The zero-order valence-corrected chi connectivity index (χ0v) is 14.0. The van der Waals surface area contributed by atoms with E-state index < -0.39 is 6.09 Å². The summed E-state index contributed by atoms with van der Waals surface area (Å²) >= 11 is 0. The van der Waals surface area contributed by atoms with E-state index in [4.69, 9.17) is 9.84 Å². The lowest BCUT2D eigenvalue weighted by atomic mass is 10.1. The van der Waals surface area contributed by atoms with Gasteiger partial charge in [-0.1, -0.05) is 0 Å². The summed E-state index contributed by atoms with van der Waals surface area (Å²) in [6.07, 6.45) is 3.54. The number of nitrogens with zero attached hydrogens (tertiary/aromatic N) is 3. The van der Waals surface area contributed by atoms with Crippen LogP contribution in [0.5, 0.6) is 5.75 Å². The van der Waals surface area contributed by atoms with Crippen molar-refractivity contribution >= 4 is 18.5 Å². The van der Waals surface area contributed by atoms with E-state index in [1.807, 2.05) is 36.5 Å². The number of amides is 1. The minimum absolute atomic E-state index is 0. The highest BCUT2D eigenvalue weighted by Crippen LogP contribution is 2.15. The van der Waals surface area contributed by atoms with Gasteiger partial charge in [0.15, 0.2) is 0 Å². The van der Waals surface area contributed by atoms with Crippen LogP contribution in [0.1, 0.15) is 6.42 Å². The Kier molecular flexibility index (Phi) is 6.45. The lowest BCUT2D eigenvalue weighted by Gasteiger charge is -2.31. The van der Waals surface area contributed by atoms with Gasteiger partial charge in [0.2, 0.25) is 0 Å². The highest BCUT2D eigenvalue weighted by Gasteiger charge is 2.22. The Bertz CT molecular complexity index is 633. The fourth-order valence-corrected chi connectivity index (χ4v) is 2.63. The zero-order chi connectivity index (χ0) is 16.1. The fourth-order valence-electron chi connectivity index (χ4n) is 2.63. The van der Waals surface area contributed by atoms with E-state index in [2.05, 4.69) is 10.4 Å². The van der Waals surface area contributed by atoms with E-state index in [1.165, 1.54) is 4.90 Å². The molecule has 1 aliphatic rings. The van der Waals surface area contributed by atoms with Gasteiger partial charge in [-0.05, 0) is 36.8 Å². The molecule has 24 heavy (non-hydrogen) atoms. The summed E-state index contributed by atoms with van der Waals surface area (Å²) in [5.74, 6) is 0.798. The SMILES string of the molecule is Cl.O=C(O)N1CCN[C@H](CCOc2ccc(-n3cccn3)cc2)C1. The molecule has 7 nitrogen and oxygen atoms in total. The number of hydrogen-bond donors (Lipinski definition) is 2. The van der Waals surface area contributed by atoms with Crippen molar-refractivity contribution in [2.24, 2.45) is 0 Å². The molecule has 0 saturated carbocycles. The molecule has 2 aromatic rings. The molecule has 3 rings (SSSR count). The first-order valence-electron chi connectivity index (χ1n) is 7.66. The van der Waals surface area contributed by atoms with Crippen LogP contribution in [0.15, 0.2) is 42.7 Å². The van der Waals surface area contributed by atoms with Crippen LogP contribution in [0.2, 0.25) is 0 Å². The lowest BCUT2D eigenvalue weighted by molar-refractivity contribution is 0.124. The number of piperazine rings is 1. The predicted octanol–water partition coefficient (Wildman–Crippen LogP) is 2.01. The second kappa shape index (κ2) is 8.56. The van der Waals surface area contributed by atoms with Crippen molar-refractivity contribution < 1.29 is 14.6 Å². The maximum absolute atomic E-state index is 11.0. The van der Waals surface area contributed by atoms with Gasteiger partial charge in [-0.2, -0.15) is 5.10 Å². The summed E-state index contributed by atoms with van der Waals surface area (Å²) in [6, 6.07) is 9.75. The number of carboxylic acid groups (broad SMARTS) is 1. The Morgan fingerprint density at radius 3 is 2.83 bits per heavy atom. The summed E-state index contributed by atoms with van der Waals surface area (Å²) in [7, 11) is 0. The molecule has 0 aliphatic carbocycles. The number of benzene rings is 1. The number of rotatable bonds is 5. The van der Waals surface area contributed by atoms with Crippen LogP contribution in [0.25, 0.3) is 5.69 Å². The van der Waals surface area contributed by atoms with Crippen LogP contribution >= 0.6 is 12.4 Å². The van der Waals surface area contributed by atoms with Crippen LogP contribution in [0, 0.1) is 0 Å². The number of aromatic nitrogens is 2. The maximum atomic E-state index is 11.0. The van der Waals surface area contributed by atoms with Gasteiger partial charge < -0.3 is 20.1 Å². The first-order valence-corrected chi connectivity index (χ1v) is 7.66. The van der Waals surface area contributed by atoms with Gasteiger partial charge in [-0.25, -0.2) is 9.48 Å². The fraction of sp³-hybridized carbons (Fsp3) is 0.375. The first kappa shape index (κ1) is 18.1. The average molecular weight is 353 g/mol. The van der Waals surface area contributed by atoms with Crippen molar-refractivity contribution in [3.63, 3.8) is 0 Å². The maximum Gasteiger partial charge on any atom is 0.407 e. The van der Waals surface area contributed by atoms with E-state index >= 15 is 0 Å². The monoisotopic (exact) mass is 352 g/mol. The van der Waals surface area contributed by atoms with E-state index in [1.54, 1.807) is 10.9 Å². The third kappa shape index (κ3) is 4.62. The topological polar surface area (TPSA) is 79.6 Å². The number of carbonyl (C=O) groups is 1. The number of nitrogens with one attached hydrogen (secondary N) is 1. The molecular weight excluding hydrogens is 332 g/mol. The smallest absolute Gasteiger partial charge is 0.407 e. The van der Waals surface area contributed by atoms with E-state index in [0.29, 0.717) is 26.2 Å². The van der Waals surface area contributed by atoms with E-state index in [9.17, 15) is 4.79 Å². The van der Waals surface area contributed by atoms with Gasteiger partial charge >= 0.3 is 6.09 Å². The Morgan fingerprint density at radius 1 is 1.38 bits per heavy atom. The summed E-state index contributed by atoms with van der Waals surface area (Å²) in [5.41, 5.74) is 0.980. The van der Waals surface area contributed by atoms with Gasteiger partial charge in [0.25, 0.3) is 0 Å². The normalized spacial score (nSPS) is 17.2. The molecule has 0 spiro atoms. The van der Waals surface area contributed by atoms with Crippen LogP contribution in [-0.4, -0.2) is 58.2 Å². The largest absolute Gasteiger partial charge is 0.494 e. The molecule has 1 aromatic carbocycles. The minimum Gasteiger partial charge on any atom is -0.494 e. The summed E-state index contributed by atoms with van der Waals surface area (Å²) in [6.45, 7) is 2.29. The number of halogens is 1. The third-order valence-electron chi connectivity index (χ3n) is 3.87. The Hall–Kier alpha value is -2.25. The Morgan fingerprint density at radius 2 is 2.17 bits per heavy atom. The van der Waals surface area contributed by atoms with Crippen LogP contribution in [-0.2, 0) is 0 Å². The molecule has 1 amide bonds. The molecule has 1 atom stereocenters. The highest BCUT2D eigenvalue weighted by atomic mass is 35.5. The number of ether oxygens (including phenoxy) is 1. The highest BCUT2D eigenvalue weighted by molar-refractivity contribution is 5.85. The van der Waals surface area contributed by atoms with Crippen molar-refractivity contribution in [3.8, 4) is 11.4 Å². The van der Waals surface area contributed by atoms with Crippen molar-refractivity contribution in [2.75, 3.05) is 26.2 Å². The van der Waals surface area contributed by atoms with Crippen molar-refractivity contribution in [1.29, 1.82) is 0 Å². The molecule has 0 bridgehead atoms. The molecule has 2 N–H and O–H groups in total. The van der Waals surface area contributed by atoms with Crippen molar-refractivity contribution in [3.05, 3.63) is 42.7 Å². The molecule has 2 heterocycles. The summed E-state index contributed by atoms with van der Waals surface area (Å²) < 4.78 is 7.53. The Balaban J connectivity index is 0.00000208. The Labute approximate surface area is 146 Å². The molecule has 130 valence electrons. The third-order valence-corrected chi connectivity index (χ3v) is 3.87. The van der Waals surface area contributed by atoms with Gasteiger partial charge in [-0.3, -0.25) is 0 Å². The molecule has 1 aromatic heterocycles. The van der Waals surface area contributed by atoms with Crippen LogP contribution in [0.4, 0.5) is 4.79 Å². The van der Waals surface area contributed by atoms with E-state index in [-0.39, 0.29) is 18.4 Å². The second-order valence-corrected chi connectivity index (χ2v) is 5.46. The summed E-state index contributed by atoms with van der Waals surface area (Å²) in [4.78, 5) is 12.4. The van der Waals surface area contributed by atoms with Gasteiger partial charge in [0.1, 0.15) is 5.75 Å². The molecule has 1 aliphatic heterocycles. The molecule has 0 unspecified atom stereocenters. The molecule has 8 heteroatoms. The lowest BCUT2D eigenvalue weighted by Crippen LogP contribution is -2.52. The molecular formula is C16H21ClN4O3. The van der Waals surface area contributed by atoms with Gasteiger partial charge in [0, 0.05) is 38.1 Å². The van der Waals surface area contributed by atoms with Gasteiger partial charge in [-0.15, -0.1) is 12.4 Å². The standard InChI is InChI=1S/C16H20N4O3.ClH/c21-16(22)19-10-8-17-13(12-19)6-11-23-15-4-2-14(3-5-15)20-9-1-7-18-20;/h1-5,7,9,13,17H,6,8,10-12H2,(H,21,22);1H/t13-;/m1./s1.